The fourth-order valence-electron chi connectivity index (χ4n) is 3.29. The number of benzene rings is 1. The van der Waals surface area contributed by atoms with Crippen LogP contribution in [-0.2, 0) is 4.79 Å². The zero-order chi connectivity index (χ0) is 20.6. The van der Waals surface area contributed by atoms with Gasteiger partial charge in [0.2, 0.25) is 5.91 Å². The first kappa shape index (κ1) is 19.7. The minimum atomic E-state index is -4.37. The van der Waals surface area contributed by atoms with Crippen molar-refractivity contribution in [3.8, 4) is 5.06 Å². The molecule has 0 spiro atoms. The Morgan fingerprint density at radius 2 is 2.03 bits per heavy atom. The van der Waals surface area contributed by atoms with Crippen LogP contribution in [0.2, 0.25) is 0 Å². The molecule has 1 fully saturated rings. The average Bonchev–Trinajstić information content (AvgIpc) is 3.35. The first-order chi connectivity index (χ1) is 13.8. The monoisotopic (exact) mass is 420 g/mol. The maximum absolute atomic E-state index is 12.6. The summed E-state index contributed by atoms with van der Waals surface area (Å²) in [6.07, 6.45) is -3.63. The second kappa shape index (κ2) is 7.67. The molecule has 29 heavy (non-hydrogen) atoms. The van der Waals surface area contributed by atoms with E-state index in [1.807, 2.05) is 43.3 Å². The quantitative estimate of drug-likeness (QED) is 0.595. The molecule has 1 aliphatic rings. The fourth-order valence-corrected chi connectivity index (χ4v) is 4.15. The summed E-state index contributed by atoms with van der Waals surface area (Å²) in [7, 11) is 0. The van der Waals surface area contributed by atoms with Crippen LogP contribution in [0.1, 0.15) is 35.9 Å². The third-order valence-electron chi connectivity index (χ3n) is 4.89. The highest BCUT2D eigenvalue weighted by atomic mass is 32.1. The van der Waals surface area contributed by atoms with Gasteiger partial charge in [-0.15, -0.1) is 11.3 Å². The number of carbonyl (C=O) groups is 1. The molecule has 1 N–H and O–H groups in total. The van der Waals surface area contributed by atoms with Crippen LogP contribution in [0.4, 0.5) is 13.2 Å². The van der Waals surface area contributed by atoms with E-state index in [9.17, 15) is 18.0 Å². The van der Waals surface area contributed by atoms with Gasteiger partial charge >= 0.3 is 6.18 Å². The summed E-state index contributed by atoms with van der Waals surface area (Å²) in [6, 6.07) is 14.7. The van der Waals surface area contributed by atoms with Crippen LogP contribution in [0.25, 0.3) is 10.9 Å². The summed E-state index contributed by atoms with van der Waals surface area (Å²) in [6.45, 7) is 0.485. The van der Waals surface area contributed by atoms with Crippen molar-refractivity contribution in [2.45, 2.75) is 31.5 Å². The molecule has 0 radical (unpaired) electrons. The summed E-state index contributed by atoms with van der Waals surface area (Å²) in [5.41, 5.74) is 1.82. The first-order valence-corrected chi connectivity index (χ1v) is 10.1. The molecule has 1 amide bonds. The van der Waals surface area contributed by atoms with Crippen molar-refractivity contribution in [2.24, 2.45) is 5.92 Å². The van der Waals surface area contributed by atoms with Gasteiger partial charge in [0.15, 0.2) is 11.7 Å². The van der Waals surface area contributed by atoms with Crippen LogP contribution < -0.4 is 10.1 Å². The van der Waals surface area contributed by atoms with Gasteiger partial charge in [-0.1, -0.05) is 24.3 Å². The second-order valence-electron chi connectivity index (χ2n) is 7.17. The molecule has 0 saturated heterocycles. The normalized spacial score (nSPS) is 19.7. The number of hydrogen-bond donors (Lipinski definition) is 1. The Morgan fingerprint density at radius 1 is 1.24 bits per heavy atom. The Balaban J connectivity index is 1.34. The molecule has 1 aromatic carbocycles. The van der Waals surface area contributed by atoms with Crippen LogP contribution in [0.5, 0.6) is 5.06 Å². The van der Waals surface area contributed by atoms with Crippen molar-refractivity contribution in [1.29, 1.82) is 0 Å². The summed E-state index contributed by atoms with van der Waals surface area (Å²) in [4.78, 5) is 18.0. The van der Waals surface area contributed by atoms with Crippen LogP contribution in [0.15, 0.2) is 48.5 Å². The Kier molecular flexibility index (Phi) is 5.21. The Bertz CT molecular complexity index is 1030. The SMILES string of the molecule is CC(NC(=O)[C@@H]1C[C@H]1c1ccc2ccccc2n1)c1ccc(OCC(F)(F)F)s1. The molecule has 1 saturated carbocycles. The van der Waals surface area contributed by atoms with Crippen LogP contribution in [-0.4, -0.2) is 23.7 Å². The molecule has 0 aliphatic heterocycles. The van der Waals surface area contributed by atoms with Gasteiger partial charge in [-0.3, -0.25) is 9.78 Å². The van der Waals surface area contributed by atoms with Gasteiger partial charge in [0, 0.05) is 27.8 Å². The van der Waals surface area contributed by atoms with E-state index in [4.69, 9.17) is 4.74 Å². The smallest absolute Gasteiger partial charge is 0.422 e. The number of pyridine rings is 1. The Labute approximate surface area is 169 Å². The van der Waals surface area contributed by atoms with Crippen molar-refractivity contribution < 1.29 is 22.7 Å². The van der Waals surface area contributed by atoms with Gasteiger partial charge in [0.1, 0.15) is 0 Å². The molecule has 0 bridgehead atoms. The molecule has 1 unspecified atom stereocenters. The largest absolute Gasteiger partial charge is 0.475 e. The van der Waals surface area contributed by atoms with Crippen molar-refractivity contribution in [3.63, 3.8) is 0 Å². The molecule has 4 rings (SSSR count). The standard InChI is InChI=1S/C21H19F3N2O2S/c1-12(18-8-9-19(29-18)28-11-21(22,23)24)25-20(27)15-10-14(15)17-7-6-13-4-2-3-5-16(13)26-17/h2-9,12,14-15H,10-11H2,1H3,(H,25,27)/t12?,14-,15-/m1/s1. The number of rotatable bonds is 6. The predicted octanol–water partition coefficient (Wildman–Crippen LogP) is 5.22. The van der Waals surface area contributed by atoms with E-state index < -0.39 is 12.8 Å². The van der Waals surface area contributed by atoms with E-state index in [1.54, 1.807) is 6.07 Å². The number of hydrogen-bond acceptors (Lipinski definition) is 4. The van der Waals surface area contributed by atoms with Gasteiger partial charge in [0.25, 0.3) is 0 Å². The fraction of sp³-hybridized carbons (Fsp3) is 0.333. The number of ether oxygens (including phenoxy) is 1. The Morgan fingerprint density at radius 3 is 2.83 bits per heavy atom. The number of aromatic nitrogens is 1. The molecule has 3 atom stereocenters. The zero-order valence-electron chi connectivity index (χ0n) is 15.6. The first-order valence-electron chi connectivity index (χ1n) is 9.25. The summed E-state index contributed by atoms with van der Waals surface area (Å²) in [5.74, 6) is -0.100. The topological polar surface area (TPSA) is 51.2 Å². The lowest BCUT2D eigenvalue weighted by Crippen LogP contribution is -2.28. The number of amides is 1. The number of thiophene rings is 1. The van der Waals surface area contributed by atoms with Gasteiger partial charge < -0.3 is 10.1 Å². The van der Waals surface area contributed by atoms with E-state index in [0.29, 0.717) is 0 Å². The molecule has 4 nitrogen and oxygen atoms in total. The van der Waals surface area contributed by atoms with E-state index >= 15 is 0 Å². The van der Waals surface area contributed by atoms with E-state index in [1.165, 1.54) is 6.07 Å². The summed E-state index contributed by atoms with van der Waals surface area (Å²) in [5, 5.41) is 4.19. The number of fused-ring (bicyclic) bond motifs is 1. The molecule has 152 valence electrons. The molecule has 2 heterocycles. The van der Waals surface area contributed by atoms with Crippen LogP contribution >= 0.6 is 11.3 Å². The number of nitrogens with zero attached hydrogens (tertiary/aromatic N) is 1. The molecular weight excluding hydrogens is 401 g/mol. The van der Waals surface area contributed by atoms with Crippen molar-refractivity contribution in [2.75, 3.05) is 6.61 Å². The van der Waals surface area contributed by atoms with Crippen molar-refractivity contribution >= 4 is 28.1 Å². The highest BCUT2D eigenvalue weighted by molar-refractivity contribution is 7.13. The van der Waals surface area contributed by atoms with E-state index in [2.05, 4.69) is 10.3 Å². The van der Waals surface area contributed by atoms with Gasteiger partial charge in [-0.2, -0.15) is 13.2 Å². The number of carbonyl (C=O) groups excluding carboxylic acids is 1. The number of alkyl halides is 3. The van der Waals surface area contributed by atoms with Gasteiger partial charge in [0.05, 0.1) is 11.6 Å². The maximum atomic E-state index is 12.6. The lowest BCUT2D eigenvalue weighted by Gasteiger charge is -2.12. The molecular formula is C21H19F3N2O2S. The third kappa shape index (κ3) is 4.70. The lowest BCUT2D eigenvalue weighted by molar-refractivity contribution is -0.152. The molecule has 3 aromatic rings. The van der Waals surface area contributed by atoms with Crippen LogP contribution in [0, 0.1) is 5.92 Å². The molecule has 2 aromatic heterocycles. The van der Waals surface area contributed by atoms with Crippen molar-refractivity contribution in [1.82, 2.24) is 10.3 Å². The average molecular weight is 420 g/mol. The summed E-state index contributed by atoms with van der Waals surface area (Å²) >= 11 is 1.11. The van der Waals surface area contributed by atoms with E-state index in [0.717, 1.165) is 39.2 Å². The zero-order valence-corrected chi connectivity index (χ0v) is 16.4. The lowest BCUT2D eigenvalue weighted by atomic mass is 10.1. The second-order valence-corrected chi connectivity index (χ2v) is 8.25. The number of nitrogens with one attached hydrogen (secondary N) is 1. The highest BCUT2D eigenvalue weighted by Gasteiger charge is 2.45. The van der Waals surface area contributed by atoms with Crippen molar-refractivity contribution in [3.05, 3.63) is 59.1 Å². The van der Waals surface area contributed by atoms with E-state index in [-0.39, 0.29) is 28.8 Å². The van der Waals surface area contributed by atoms with Gasteiger partial charge in [-0.05, 0) is 37.6 Å². The number of para-hydroxylation sites is 1. The molecule has 8 heteroatoms. The Hall–Kier alpha value is -2.61. The molecule has 1 aliphatic carbocycles. The minimum absolute atomic E-state index is 0.0661. The highest BCUT2D eigenvalue weighted by Crippen LogP contribution is 2.47. The minimum Gasteiger partial charge on any atom is -0.475 e. The third-order valence-corrected chi connectivity index (χ3v) is 6.07. The van der Waals surface area contributed by atoms with Gasteiger partial charge in [-0.25, -0.2) is 0 Å². The number of halogens is 3. The predicted molar refractivity (Wildman–Crippen MR) is 105 cm³/mol. The maximum Gasteiger partial charge on any atom is 0.422 e. The summed E-state index contributed by atoms with van der Waals surface area (Å²) < 4.78 is 41.5. The van der Waals surface area contributed by atoms with Crippen LogP contribution in [0.3, 0.4) is 0 Å².